The Morgan fingerprint density at radius 1 is 0.792 bits per heavy atom. The van der Waals surface area contributed by atoms with E-state index in [0.717, 1.165) is 5.56 Å². The number of hydrogen-bond donors (Lipinski definition) is 1. The minimum Gasteiger partial charge on any atom is -0.493 e. The van der Waals surface area contributed by atoms with Crippen molar-refractivity contribution >= 4 is 11.6 Å². The topological polar surface area (TPSA) is 66.0 Å². The van der Waals surface area contributed by atoms with Crippen molar-refractivity contribution in [3.05, 3.63) is 41.5 Å². The van der Waals surface area contributed by atoms with Gasteiger partial charge in [-0.05, 0) is 36.8 Å². The predicted molar refractivity (Wildman–Crippen MR) is 91.8 cm³/mol. The van der Waals surface area contributed by atoms with Gasteiger partial charge in [-0.25, -0.2) is 0 Å². The number of hydrogen-bond acceptors (Lipinski definition) is 5. The Labute approximate surface area is 141 Å². The van der Waals surface area contributed by atoms with Gasteiger partial charge in [0.25, 0.3) is 5.91 Å². The summed E-state index contributed by atoms with van der Waals surface area (Å²) in [5.74, 6) is 1.97. The number of carbonyl (C=O) groups excluding carboxylic acids is 1. The highest BCUT2D eigenvalue weighted by atomic mass is 16.5. The quantitative estimate of drug-likeness (QED) is 0.880. The predicted octanol–water partition coefficient (Wildman–Crippen LogP) is 3.28. The summed E-state index contributed by atoms with van der Waals surface area (Å²) >= 11 is 0. The summed E-state index contributed by atoms with van der Waals surface area (Å²) in [5.41, 5.74) is 1.89. The molecule has 0 spiro atoms. The first-order valence-electron chi connectivity index (χ1n) is 7.30. The third-order valence-electron chi connectivity index (χ3n) is 3.62. The van der Waals surface area contributed by atoms with Crippen molar-refractivity contribution < 1.29 is 23.7 Å². The maximum absolute atomic E-state index is 12.6. The van der Waals surface area contributed by atoms with Crippen molar-refractivity contribution in [2.45, 2.75) is 6.92 Å². The molecule has 128 valence electrons. The second-order valence-electron chi connectivity index (χ2n) is 5.05. The Kier molecular flexibility index (Phi) is 5.52. The maximum atomic E-state index is 12.6. The van der Waals surface area contributed by atoms with Gasteiger partial charge in [0.1, 0.15) is 0 Å². The zero-order chi connectivity index (χ0) is 17.7. The zero-order valence-electron chi connectivity index (χ0n) is 14.4. The average Bonchev–Trinajstić information content (AvgIpc) is 2.60. The third-order valence-corrected chi connectivity index (χ3v) is 3.62. The Morgan fingerprint density at radius 3 is 1.92 bits per heavy atom. The number of nitrogens with one attached hydrogen (secondary N) is 1. The van der Waals surface area contributed by atoms with Crippen LogP contribution in [0.15, 0.2) is 30.3 Å². The van der Waals surface area contributed by atoms with Crippen LogP contribution in [0.4, 0.5) is 5.69 Å². The Bertz CT molecular complexity index is 742. The van der Waals surface area contributed by atoms with Crippen molar-refractivity contribution in [1.82, 2.24) is 0 Å². The minimum absolute atomic E-state index is 0.249. The number of methoxy groups -OCH3 is 4. The molecule has 0 aliphatic rings. The minimum atomic E-state index is -0.249. The number of anilines is 1. The Hall–Kier alpha value is -2.89. The summed E-state index contributed by atoms with van der Waals surface area (Å²) < 4.78 is 20.9. The first-order valence-corrected chi connectivity index (χ1v) is 7.30. The van der Waals surface area contributed by atoms with E-state index in [0.29, 0.717) is 34.2 Å². The lowest BCUT2D eigenvalue weighted by molar-refractivity contribution is 0.102. The van der Waals surface area contributed by atoms with Crippen molar-refractivity contribution in [2.24, 2.45) is 0 Å². The lowest BCUT2D eigenvalue weighted by Crippen LogP contribution is -2.14. The van der Waals surface area contributed by atoms with Gasteiger partial charge < -0.3 is 24.3 Å². The fourth-order valence-corrected chi connectivity index (χ4v) is 2.34. The van der Waals surface area contributed by atoms with Gasteiger partial charge in [-0.15, -0.1) is 0 Å². The summed E-state index contributed by atoms with van der Waals surface area (Å²) in [5, 5.41) is 2.84. The molecule has 0 unspecified atom stereocenters. The molecule has 0 fully saturated rings. The van der Waals surface area contributed by atoms with Crippen LogP contribution in [0.3, 0.4) is 0 Å². The number of ether oxygens (including phenoxy) is 4. The summed E-state index contributed by atoms with van der Waals surface area (Å²) in [4.78, 5) is 12.6. The van der Waals surface area contributed by atoms with Crippen LogP contribution in [0.1, 0.15) is 15.9 Å². The molecular weight excluding hydrogens is 310 g/mol. The highest BCUT2D eigenvalue weighted by molar-refractivity contribution is 6.05. The molecule has 0 atom stereocenters. The molecule has 2 aromatic rings. The van der Waals surface area contributed by atoms with Gasteiger partial charge in [0.2, 0.25) is 0 Å². The van der Waals surface area contributed by atoms with E-state index in [-0.39, 0.29) is 5.91 Å². The Morgan fingerprint density at radius 2 is 1.33 bits per heavy atom. The normalized spacial score (nSPS) is 10.0. The first-order chi connectivity index (χ1) is 11.5. The van der Waals surface area contributed by atoms with Crippen molar-refractivity contribution in [3.63, 3.8) is 0 Å². The number of rotatable bonds is 6. The van der Waals surface area contributed by atoms with Crippen LogP contribution in [0, 0.1) is 6.92 Å². The zero-order valence-corrected chi connectivity index (χ0v) is 14.4. The van der Waals surface area contributed by atoms with E-state index < -0.39 is 0 Å². The molecule has 0 radical (unpaired) electrons. The second kappa shape index (κ2) is 7.59. The maximum Gasteiger partial charge on any atom is 0.256 e. The highest BCUT2D eigenvalue weighted by Crippen LogP contribution is 2.32. The van der Waals surface area contributed by atoms with Gasteiger partial charge in [-0.2, -0.15) is 0 Å². The van der Waals surface area contributed by atoms with Gasteiger partial charge in [0, 0.05) is 17.3 Å². The van der Waals surface area contributed by atoms with Crippen molar-refractivity contribution in [1.29, 1.82) is 0 Å². The monoisotopic (exact) mass is 331 g/mol. The molecule has 0 saturated heterocycles. The van der Waals surface area contributed by atoms with E-state index >= 15 is 0 Å². The molecule has 24 heavy (non-hydrogen) atoms. The van der Waals surface area contributed by atoms with Gasteiger partial charge >= 0.3 is 0 Å². The smallest absolute Gasteiger partial charge is 0.256 e. The molecular formula is C18H21NO5. The van der Waals surface area contributed by atoms with Gasteiger partial charge in [0.05, 0.1) is 28.4 Å². The van der Waals surface area contributed by atoms with Crippen LogP contribution in [-0.2, 0) is 0 Å². The molecule has 6 nitrogen and oxygen atoms in total. The summed E-state index contributed by atoms with van der Waals surface area (Å²) in [6.07, 6.45) is 0. The molecule has 0 aromatic heterocycles. The van der Waals surface area contributed by atoms with Crippen LogP contribution >= 0.6 is 0 Å². The molecule has 1 N–H and O–H groups in total. The molecule has 2 rings (SSSR count). The summed E-state index contributed by atoms with van der Waals surface area (Å²) in [7, 11) is 6.19. The molecule has 0 aliphatic heterocycles. The van der Waals surface area contributed by atoms with Crippen LogP contribution in [-0.4, -0.2) is 34.3 Å². The lowest BCUT2D eigenvalue weighted by atomic mass is 10.1. The SMILES string of the molecule is COc1ccc(NC(=O)c2cc(OC)c(OC)cc2C)cc1OC. The molecule has 0 saturated carbocycles. The van der Waals surface area contributed by atoms with E-state index in [9.17, 15) is 4.79 Å². The van der Waals surface area contributed by atoms with E-state index in [2.05, 4.69) is 5.32 Å². The number of carbonyl (C=O) groups is 1. The first kappa shape index (κ1) is 17.5. The van der Waals surface area contributed by atoms with Crippen molar-refractivity contribution in [3.8, 4) is 23.0 Å². The molecule has 0 aliphatic carbocycles. The van der Waals surface area contributed by atoms with Crippen LogP contribution < -0.4 is 24.3 Å². The highest BCUT2D eigenvalue weighted by Gasteiger charge is 2.15. The molecule has 6 heteroatoms. The van der Waals surface area contributed by atoms with Crippen LogP contribution in [0.25, 0.3) is 0 Å². The second-order valence-corrected chi connectivity index (χ2v) is 5.05. The van der Waals surface area contributed by atoms with Crippen molar-refractivity contribution in [2.75, 3.05) is 33.8 Å². The molecule has 1 amide bonds. The van der Waals surface area contributed by atoms with E-state index in [4.69, 9.17) is 18.9 Å². The third kappa shape index (κ3) is 3.53. The lowest BCUT2D eigenvalue weighted by Gasteiger charge is -2.14. The van der Waals surface area contributed by atoms with E-state index in [1.807, 2.05) is 6.92 Å². The average molecular weight is 331 g/mol. The summed E-state index contributed by atoms with van der Waals surface area (Å²) in [6.45, 7) is 1.84. The standard InChI is InChI=1S/C18H21NO5/c1-11-8-15(22-3)17(24-5)10-13(11)18(20)19-12-6-7-14(21-2)16(9-12)23-4/h6-10H,1-5H3,(H,19,20). The van der Waals surface area contributed by atoms with Crippen LogP contribution in [0.5, 0.6) is 23.0 Å². The number of benzene rings is 2. The van der Waals surface area contributed by atoms with E-state index in [1.54, 1.807) is 51.7 Å². The van der Waals surface area contributed by atoms with E-state index in [1.165, 1.54) is 7.11 Å². The largest absolute Gasteiger partial charge is 0.493 e. The molecule has 0 bridgehead atoms. The van der Waals surface area contributed by atoms with Gasteiger partial charge in [0.15, 0.2) is 23.0 Å². The molecule has 0 heterocycles. The number of amides is 1. The van der Waals surface area contributed by atoms with Gasteiger partial charge in [-0.1, -0.05) is 0 Å². The number of aryl methyl sites for hydroxylation is 1. The molecule has 2 aromatic carbocycles. The summed E-state index contributed by atoms with van der Waals surface area (Å²) in [6, 6.07) is 8.60. The Balaban J connectivity index is 2.30. The van der Waals surface area contributed by atoms with Gasteiger partial charge in [-0.3, -0.25) is 4.79 Å². The fourth-order valence-electron chi connectivity index (χ4n) is 2.34. The fraction of sp³-hybridized carbons (Fsp3) is 0.278. The van der Waals surface area contributed by atoms with Crippen LogP contribution in [0.2, 0.25) is 0 Å².